The highest BCUT2D eigenvalue weighted by Crippen LogP contribution is 2.39. The first-order chi connectivity index (χ1) is 14.5. The van der Waals surface area contributed by atoms with Gasteiger partial charge in [0.2, 0.25) is 0 Å². The van der Waals surface area contributed by atoms with Crippen LogP contribution in [0.4, 0.5) is 13.2 Å². The van der Waals surface area contributed by atoms with E-state index in [4.69, 9.17) is 11.6 Å². The average molecular weight is 431 g/mol. The minimum absolute atomic E-state index is 0.142. The number of halogens is 4. The van der Waals surface area contributed by atoms with Crippen LogP contribution in [-0.4, -0.2) is 0 Å². The Bertz CT molecular complexity index is 1030. The van der Waals surface area contributed by atoms with Gasteiger partial charge in [-0.05, 0) is 66.2 Å². The van der Waals surface area contributed by atoms with Crippen LogP contribution in [0.15, 0.2) is 42.5 Å². The molecular formula is C26H26ClF3. The summed E-state index contributed by atoms with van der Waals surface area (Å²) in [6, 6.07) is 11.4. The lowest BCUT2D eigenvalue weighted by molar-refractivity contribution is 0.304. The van der Waals surface area contributed by atoms with Crippen LogP contribution >= 0.6 is 11.6 Å². The van der Waals surface area contributed by atoms with Crippen molar-refractivity contribution in [3.05, 3.63) is 70.5 Å². The predicted molar refractivity (Wildman–Crippen MR) is 118 cm³/mol. The first-order valence-electron chi connectivity index (χ1n) is 10.8. The van der Waals surface area contributed by atoms with Gasteiger partial charge in [0.1, 0.15) is 22.5 Å². The molecule has 0 aliphatic heterocycles. The second kappa shape index (κ2) is 9.01. The molecule has 3 aromatic rings. The van der Waals surface area contributed by atoms with Crippen LogP contribution in [0.3, 0.4) is 0 Å². The van der Waals surface area contributed by atoms with Crippen molar-refractivity contribution in [2.45, 2.75) is 57.8 Å². The van der Waals surface area contributed by atoms with E-state index in [1.54, 1.807) is 12.1 Å². The van der Waals surface area contributed by atoms with Gasteiger partial charge in [0.25, 0.3) is 0 Å². The van der Waals surface area contributed by atoms with Crippen molar-refractivity contribution in [3.8, 4) is 11.1 Å². The van der Waals surface area contributed by atoms with Crippen LogP contribution in [0.1, 0.15) is 63.4 Å². The molecule has 0 radical (unpaired) electrons. The van der Waals surface area contributed by atoms with Gasteiger partial charge in [0.05, 0.1) is 0 Å². The molecular weight excluding hydrogens is 405 g/mol. The molecule has 30 heavy (non-hydrogen) atoms. The van der Waals surface area contributed by atoms with E-state index in [0.717, 1.165) is 23.4 Å². The fourth-order valence-corrected chi connectivity index (χ4v) is 4.88. The highest BCUT2D eigenvalue weighted by atomic mass is 35.5. The number of benzene rings is 3. The third-order valence-electron chi connectivity index (χ3n) is 6.56. The maximum Gasteiger partial charge on any atom is 0.145 e. The summed E-state index contributed by atoms with van der Waals surface area (Å²) in [6.45, 7) is 2.24. The summed E-state index contributed by atoms with van der Waals surface area (Å²) < 4.78 is 42.8. The zero-order valence-electron chi connectivity index (χ0n) is 17.2. The monoisotopic (exact) mass is 430 g/mol. The molecule has 4 heteroatoms. The number of rotatable bonds is 5. The fourth-order valence-electron chi connectivity index (χ4n) is 4.78. The SMILES string of the molecule is CCCCC1CCC(c2ccc3c(F)c(-c4cc(F)c(Cl)c(F)c4)ccc3c2)CC1. The van der Waals surface area contributed by atoms with Crippen LogP contribution in [0.5, 0.6) is 0 Å². The van der Waals surface area contributed by atoms with Gasteiger partial charge in [-0.3, -0.25) is 0 Å². The van der Waals surface area contributed by atoms with Crippen molar-refractivity contribution in [1.29, 1.82) is 0 Å². The normalized spacial score (nSPS) is 19.4. The average Bonchev–Trinajstić information content (AvgIpc) is 2.76. The van der Waals surface area contributed by atoms with Gasteiger partial charge in [0.15, 0.2) is 0 Å². The second-order valence-electron chi connectivity index (χ2n) is 8.52. The summed E-state index contributed by atoms with van der Waals surface area (Å²) >= 11 is 5.55. The summed E-state index contributed by atoms with van der Waals surface area (Å²) in [6.07, 6.45) is 8.81. The van der Waals surface area contributed by atoms with Crippen LogP contribution < -0.4 is 0 Å². The highest BCUT2D eigenvalue weighted by molar-refractivity contribution is 6.31. The Hall–Kier alpha value is -2.00. The lowest BCUT2D eigenvalue weighted by Gasteiger charge is -2.29. The molecule has 0 bridgehead atoms. The van der Waals surface area contributed by atoms with E-state index in [1.807, 2.05) is 12.1 Å². The summed E-state index contributed by atoms with van der Waals surface area (Å²) in [5.41, 5.74) is 1.57. The highest BCUT2D eigenvalue weighted by Gasteiger charge is 2.22. The maximum atomic E-state index is 15.2. The van der Waals surface area contributed by atoms with E-state index < -0.39 is 22.5 Å². The van der Waals surface area contributed by atoms with Gasteiger partial charge >= 0.3 is 0 Å². The van der Waals surface area contributed by atoms with Gasteiger partial charge < -0.3 is 0 Å². The lowest BCUT2D eigenvalue weighted by Crippen LogP contribution is -2.13. The standard InChI is InChI=1S/C26H26ClF3/c1-2-3-4-16-5-7-17(8-6-16)18-9-11-21-19(13-18)10-12-22(26(21)30)20-14-23(28)25(27)24(29)15-20/h9-17H,2-8H2,1H3. The number of unbranched alkanes of at least 4 members (excludes halogenated alkanes) is 1. The first-order valence-corrected chi connectivity index (χ1v) is 11.2. The van der Waals surface area contributed by atoms with E-state index in [-0.39, 0.29) is 11.1 Å². The Balaban J connectivity index is 1.59. The minimum Gasteiger partial charge on any atom is -0.206 e. The molecule has 0 nitrogen and oxygen atoms in total. The Kier molecular flexibility index (Phi) is 6.38. The molecule has 1 fully saturated rings. The number of hydrogen-bond acceptors (Lipinski definition) is 0. The lowest BCUT2D eigenvalue weighted by atomic mass is 9.77. The molecule has 1 aliphatic rings. The molecule has 4 rings (SSSR count). The van der Waals surface area contributed by atoms with E-state index in [9.17, 15) is 8.78 Å². The summed E-state index contributed by atoms with van der Waals surface area (Å²) in [5, 5.41) is 0.703. The topological polar surface area (TPSA) is 0 Å². The molecule has 0 spiro atoms. The van der Waals surface area contributed by atoms with Crippen molar-refractivity contribution in [2.75, 3.05) is 0 Å². The molecule has 3 aromatic carbocycles. The molecule has 0 N–H and O–H groups in total. The fraction of sp³-hybridized carbons (Fsp3) is 0.385. The second-order valence-corrected chi connectivity index (χ2v) is 8.90. The molecule has 0 heterocycles. The Morgan fingerprint density at radius 2 is 1.60 bits per heavy atom. The maximum absolute atomic E-state index is 15.2. The van der Waals surface area contributed by atoms with Crippen molar-refractivity contribution >= 4 is 22.4 Å². The van der Waals surface area contributed by atoms with Crippen molar-refractivity contribution in [1.82, 2.24) is 0 Å². The van der Waals surface area contributed by atoms with E-state index in [1.165, 1.54) is 50.5 Å². The van der Waals surface area contributed by atoms with Gasteiger partial charge in [0, 0.05) is 10.9 Å². The smallest absolute Gasteiger partial charge is 0.145 e. The van der Waals surface area contributed by atoms with Crippen molar-refractivity contribution in [3.63, 3.8) is 0 Å². The molecule has 0 aromatic heterocycles. The minimum atomic E-state index is -0.893. The molecule has 158 valence electrons. The summed E-state index contributed by atoms with van der Waals surface area (Å²) in [4.78, 5) is 0. The molecule has 0 atom stereocenters. The molecule has 0 unspecified atom stereocenters. The zero-order chi connectivity index (χ0) is 21.3. The Morgan fingerprint density at radius 3 is 2.27 bits per heavy atom. The van der Waals surface area contributed by atoms with Gasteiger partial charge in [-0.1, -0.05) is 68.1 Å². The largest absolute Gasteiger partial charge is 0.206 e. The van der Waals surface area contributed by atoms with Crippen LogP contribution in [-0.2, 0) is 0 Å². The number of fused-ring (bicyclic) bond motifs is 1. The Morgan fingerprint density at radius 1 is 0.900 bits per heavy atom. The third kappa shape index (κ3) is 4.23. The van der Waals surface area contributed by atoms with Crippen molar-refractivity contribution in [2.24, 2.45) is 5.92 Å². The van der Waals surface area contributed by atoms with E-state index in [0.29, 0.717) is 11.3 Å². The summed E-state index contributed by atoms with van der Waals surface area (Å²) in [5.74, 6) is -0.883. The van der Waals surface area contributed by atoms with E-state index in [2.05, 4.69) is 13.0 Å². The third-order valence-corrected chi connectivity index (χ3v) is 6.92. The van der Waals surface area contributed by atoms with Crippen molar-refractivity contribution < 1.29 is 13.2 Å². The molecule has 1 aliphatic carbocycles. The first kappa shape index (κ1) is 21.2. The molecule has 0 saturated heterocycles. The van der Waals surface area contributed by atoms with Gasteiger partial charge in [-0.2, -0.15) is 0 Å². The van der Waals surface area contributed by atoms with Crippen LogP contribution in [0, 0.1) is 23.4 Å². The molecule has 1 saturated carbocycles. The Labute approximate surface area is 181 Å². The van der Waals surface area contributed by atoms with Gasteiger partial charge in [-0.15, -0.1) is 0 Å². The van der Waals surface area contributed by atoms with E-state index >= 15 is 4.39 Å². The molecule has 0 amide bonds. The van der Waals surface area contributed by atoms with Crippen LogP contribution in [0.25, 0.3) is 21.9 Å². The summed E-state index contributed by atoms with van der Waals surface area (Å²) in [7, 11) is 0. The quantitative estimate of drug-likeness (QED) is 0.354. The van der Waals surface area contributed by atoms with Gasteiger partial charge in [-0.25, -0.2) is 13.2 Å². The van der Waals surface area contributed by atoms with Crippen LogP contribution in [0.2, 0.25) is 5.02 Å². The zero-order valence-corrected chi connectivity index (χ0v) is 17.9. The predicted octanol–water partition coefficient (Wildman–Crippen LogP) is 9.04. The number of hydrogen-bond donors (Lipinski definition) is 0.